The molecule has 0 aliphatic carbocycles. The molecule has 1 amide bonds. The minimum Gasteiger partial charge on any atom is -0.466 e. The second-order valence-corrected chi connectivity index (χ2v) is 6.36. The maximum absolute atomic E-state index is 12.7. The topological polar surface area (TPSA) is 99.4 Å². The van der Waals surface area contributed by atoms with Crippen LogP contribution in [0.2, 0.25) is 0 Å². The molecular weight excluding hydrogens is 350 g/mol. The largest absolute Gasteiger partial charge is 0.466 e. The van der Waals surface area contributed by atoms with Gasteiger partial charge in [-0.25, -0.2) is 4.79 Å². The van der Waals surface area contributed by atoms with Gasteiger partial charge in [0.05, 0.1) is 25.6 Å². The second kappa shape index (κ2) is 8.61. The minimum atomic E-state index is -0.481. The van der Waals surface area contributed by atoms with E-state index in [1.54, 1.807) is 18.9 Å². The maximum Gasteiger partial charge on any atom is 0.410 e. The lowest BCUT2D eigenvalue weighted by molar-refractivity contribution is -0.150. The molecule has 3 rings (SSSR count). The fourth-order valence-corrected chi connectivity index (χ4v) is 3.14. The standard InChI is InChI=1S/C18H23N5O4/c1-3-26-17(24)14-9-10-23(15(11-14)16-19-21-22(2)20-16)18(25)27-12-13-7-5-4-6-8-13/h4-8,14-15H,3,9-12H2,1-2H3. The van der Waals surface area contributed by atoms with E-state index in [1.807, 2.05) is 30.3 Å². The van der Waals surface area contributed by atoms with Gasteiger partial charge in [-0.1, -0.05) is 30.3 Å². The van der Waals surface area contributed by atoms with Crippen molar-refractivity contribution >= 4 is 12.1 Å². The van der Waals surface area contributed by atoms with E-state index in [4.69, 9.17) is 9.47 Å². The molecule has 0 saturated carbocycles. The number of ether oxygens (including phenoxy) is 2. The summed E-state index contributed by atoms with van der Waals surface area (Å²) in [5.41, 5.74) is 0.904. The fraction of sp³-hybridized carbons (Fsp3) is 0.500. The van der Waals surface area contributed by atoms with Crippen molar-refractivity contribution < 1.29 is 19.1 Å². The lowest BCUT2D eigenvalue weighted by atomic mass is 9.90. The van der Waals surface area contributed by atoms with Gasteiger partial charge < -0.3 is 9.47 Å². The predicted octanol–water partition coefficient (Wildman–Crippen LogP) is 1.86. The van der Waals surface area contributed by atoms with Gasteiger partial charge >= 0.3 is 12.1 Å². The molecule has 27 heavy (non-hydrogen) atoms. The quantitative estimate of drug-likeness (QED) is 0.738. The minimum absolute atomic E-state index is 0.179. The van der Waals surface area contributed by atoms with Crippen LogP contribution in [-0.4, -0.2) is 50.3 Å². The molecular formula is C18H23N5O4. The van der Waals surface area contributed by atoms with Crippen LogP contribution in [0.25, 0.3) is 0 Å². The molecule has 0 radical (unpaired) electrons. The van der Waals surface area contributed by atoms with Crippen LogP contribution in [0.1, 0.15) is 37.2 Å². The Morgan fingerprint density at radius 3 is 2.67 bits per heavy atom. The molecule has 2 aromatic rings. The Labute approximate surface area is 157 Å². The van der Waals surface area contributed by atoms with Crippen LogP contribution in [0.4, 0.5) is 4.79 Å². The SMILES string of the molecule is CCOC(=O)C1CCN(C(=O)OCc2ccccc2)C(c2nnn(C)n2)C1. The molecule has 9 nitrogen and oxygen atoms in total. The summed E-state index contributed by atoms with van der Waals surface area (Å²) in [6, 6.07) is 8.98. The summed E-state index contributed by atoms with van der Waals surface area (Å²) in [5.74, 6) is -0.177. The average molecular weight is 373 g/mol. The monoisotopic (exact) mass is 373 g/mol. The summed E-state index contributed by atoms with van der Waals surface area (Å²) in [6.07, 6.45) is 0.430. The highest BCUT2D eigenvalue weighted by Gasteiger charge is 2.39. The van der Waals surface area contributed by atoms with Crippen molar-refractivity contribution in [2.24, 2.45) is 13.0 Å². The summed E-state index contributed by atoms with van der Waals surface area (Å²) in [4.78, 5) is 27.7. The van der Waals surface area contributed by atoms with Crippen LogP contribution >= 0.6 is 0 Å². The molecule has 1 fully saturated rings. The highest BCUT2D eigenvalue weighted by atomic mass is 16.6. The van der Waals surface area contributed by atoms with Crippen LogP contribution in [0.15, 0.2) is 30.3 Å². The molecule has 0 N–H and O–H groups in total. The Morgan fingerprint density at radius 2 is 2.00 bits per heavy atom. The van der Waals surface area contributed by atoms with Crippen LogP contribution in [0, 0.1) is 5.92 Å². The number of carbonyl (C=O) groups is 2. The molecule has 0 bridgehead atoms. The smallest absolute Gasteiger partial charge is 0.410 e. The normalized spacial score (nSPS) is 19.6. The van der Waals surface area contributed by atoms with Crippen LogP contribution in [0.3, 0.4) is 0 Å². The number of aromatic nitrogens is 4. The second-order valence-electron chi connectivity index (χ2n) is 6.36. The van der Waals surface area contributed by atoms with E-state index in [2.05, 4.69) is 15.4 Å². The Morgan fingerprint density at radius 1 is 1.22 bits per heavy atom. The first-order valence-corrected chi connectivity index (χ1v) is 8.96. The molecule has 0 spiro atoms. The van der Waals surface area contributed by atoms with Crippen molar-refractivity contribution in [3.63, 3.8) is 0 Å². The first-order chi connectivity index (χ1) is 13.1. The van der Waals surface area contributed by atoms with Gasteiger partial charge in [0, 0.05) is 6.54 Å². The molecule has 9 heteroatoms. The van der Waals surface area contributed by atoms with Crippen molar-refractivity contribution in [3.8, 4) is 0 Å². The molecule has 1 aliphatic heterocycles. The number of hydrogen-bond acceptors (Lipinski definition) is 7. The van der Waals surface area contributed by atoms with E-state index in [1.165, 1.54) is 4.80 Å². The number of carbonyl (C=O) groups excluding carboxylic acids is 2. The molecule has 1 aliphatic rings. The Bertz CT molecular complexity index is 779. The van der Waals surface area contributed by atoms with Crippen molar-refractivity contribution in [1.82, 2.24) is 25.1 Å². The van der Waals surface area contributed by atoms with Gasteiger partial charge in [0.2, 0.25) is 0 Å². The number of hydrogen-bond donors (Lipinski definition) is 0. The lowest BCUT2D eigenvalue weighted by Crippen LogP contribution is -2.43. The van der Waals surface area contributed by atoms with Gasteiger partial charge in [-0.15, -0.1) is 10.2 Å². The van der Waals surface area contributed by atoms with Crippen LogP contribution < -0.4 is 0 Å². The third kappa shape index (κ3) is 4.60. The van der Waals surface area contributed by atoms with E-state index in [0.29, 0.717) is 31.8 Å². The number of nitrogens with zero attached hydrogens (tertiary/aromatic N) is 5. The zero-order chi connectivity index (χ0) is 19.2. The first-order valence-electron chi connectivity index (χ1n) is 8.96. The highest BCUT2D eigenvalue weighted by Crippen LogP contribution is 2.33. The third-order valence-corrected chi connectivity index (χ3v) is 4.48. The Balaban J connectivity index is 1.72. The number of tetrazole rings is 1. The van der Waals surface area contributed by atoms with Crippen LogP contribution in [0.5, 0.6) is 0 Å². The van der Waals surface area contributed by atoms with Gasteiger partial charge in [-0.3, -0.25) is 9.69 Å². The van der Waals surface area contributed by atoms with E-state index >= 15 is 0 Å². The van der Waals surface area contributed by atoms with E-state index in [9.17, 15) is 9.59 Å². The summed E-state index contributed by atoms with van der Waals surface area (Å²) in [6.45, 7) is 2.64. The van der Waals surface area contributed by atoms with Crippen molar-refractivity contribution in [1.29, 1.82) is 0 Å². The number of esters is 1. The zero-order valence-corrected chi connectivity index (χ0v) is 15.4. The maximum atomic E-state index is 12.7. The van der Waals surface area contributed by atoms with Crippen molar-refractivity contribution in [2.75, 3.05) is 13.2 Å². The Kier molecular flexibility index (Phi) is 6.00. The predicted molar refractivity (Wildman–Crippen MR) is 94.2 cm³/mol. The molecule has 2 unspecified atom stereocenters. The number of benzene rings is 1. The molecule has 2 heterocycles. The molecule has 144 valence electrons. The van der Waals surface area contributed by atoms with Gasteiger partial charge in [0.15, 0.2) is 5.82 Å². The summed E-state index contributed by atoms with van der Waals surface area (Å²) < 4.78 is 10.6. The van der Waals surface area contributed by atoms with E-state index < -0.39 is 12.1 Å². The van der Waals surface area contributed by atoms with Gasteiger partial charge in [-0.05, 0) is 30.5 Å². The zero-order valence-electron chi connectivity index (χ0n) is 15.4. The lowest BCUT2D eigenvalue weighted by Gasteiger charge is -2.36. The molecule has 1 aromatic heterocycles. The number of likely N-dealkylation sites (tertiary alicyclic amines) is 1. The first kappa shape index (κ1) is 18.8. The number of aryl methyl sites for hydroxylation is 1. The van der Waals surface area contributed by atoms with Gasteiger partial charge in [0.1, 0.15) is 6.61 Å². The number of amides is 1. The molecule has 1 aromatic carbocycles. The highest BCUT2D eigenvalue weighted by molar-refractivity contribution is 5.74. The Hall–Kier alpha value is -2.97. The number of piperidine rings is 1. The van der Waals surface area contributed by atoms with E-state index in [-0.39, 0.29) is 18.5 Å². The summed E-state index contributed by atoms with van der Waals surface area (Å²) >= 11 is 0. The fourth-order valence-electron chi connectivity index (χ4n) is 3.14. The average Bonchev–Trinajstić information content (AvgIpc) is 3.13. The van der Waals surface area contributed by atoms with E-state index in [0.717, 1.165) is 5.56 Å². The third-order valence-electron chi connectivity index (χ3n) is 4.48. The van der Waals surface area contributed by atoms with Gasteiger partial charge in [0.25, 0.3) is 0 Å². The van der Waals surface area contributed by atoms with Crippen molar-refractivity contribution in [2.45, 2.75) is 32.4 Å². The molecule has 2 atom stereocenters. The summed E-state index contributed by atoms with van der Waals surface area (Å²) in [7, 11) is 1.65. The van der Waals surface area contributed by atoms with Crippen molar-refractivity contribution in [3.05, 3.63) is 41.7 Å². The molecule has 1 saturated heterocycles. The van der Waals surface area contributed by atoms with Gasteiger partial charge in [-0.2, -0.15) is 4.80 Å². The summed E-state index contributed by atoms with van der Waals surface area (Å²) in [5, 5.41) is 12.1. The van der Waals surface area contributed by atoms with Crippen LogP contribution in [-0.2, 0) is 27.9 Å². The number of rotatable bonds is 5.